The summed E-state index contributed by atoms with van der Waals surface area (Å²) in [6, 6.07) is 6.06. The minimum Gasteiger partial charge on any atom is -0.466 e. The summed E-state index contributed by atoms with van der Waals surface area (Å²) in [5, 5.41) is 0. The molecule has 0 saturated carbocycles. The molecule has 1 rings (SSSR count). The summed E-state index contributed by atoms with van der Waals surface area (Å²) in [6.45, 7) is 2.34. The van der Waals surface area contributed by atoms with E-state index in [4.69, 9.17) is 9.47 Å². The highest BCUT2D eigenvalue weighted by molar-refractivity contribution is 5.72. The Kier molecular flexibility index (Phi) is 7.32. The lowest BCUT2D eigenvalue weighted by Crippen LogP contribution is -2.09. The average Bonchev–Trinajstić information content (AvgIpc) is 2.41. The third-order valence-electron chi connectivity index (χ3n) is 2.63. The average molecular weight is 282 g/mol. The Labute approximate surface area is 117 Å². The lowest BCUT2D eigenvalue weighted by atomic mass is 10.2. The SMILES string of the molecule is CCOC(=O)CCCC(=O)OCCc1ccc(F)cc1. The van der Waals surface area contributed by atoms with E-state index in [0.717, 1.165) is 5.56 Å². The Balaban J connectivity index is 2.11. The first-order valence-corrected chi connectivity index (χ1v) is 6.67. The Morgan fingerprint density at radius 1 is 1.05 bits per heavy atom. The van der Waals surface area contributed by atoms with Crippen molar-refractivity contribution in [1.82, 2.24) is 0 Å². The van der Waals surface area contributed by atoms with Gasteiger partial charge in [0, 0.05) is 19.3 Å². The van der Waals surface area contributed by atoms with Crippen molar-refractivity contribution in [2.75, 3.05) is 13.2 Å². The first-order valence-electron chi connectivity index (χ1n) is 6.67. The number of carbonyl (C=O) groups excluding carboxylic acids is 2. The molecular formula is C15H19FO4. The van der Waals surface area contributed by atoms with Gasteiger partial charge >= 0.3 is 11.9 Å². The van der Waals surface area contributed by atoms with Crippen LogP contribution in [0.4, 0.5) is 4.39 Å². The van der Waals surface area contributed by atoms with Crippen LogP contribution in [0.5, 0.6) is 0 Å². The molecule has 0 bridgehead atoms. The molecule has 0 heterocycles. The van der Waals surface area contributed by atoms with Crippen molar-refractivity contribution in [3.8, 4) is 0 Å². The van der Waals surface area contributed by atoms with Gasteiger partial charge in [0.1, 0.15) is 5.82 Å². The molecular weight excluding hydrogens is 263 g/mol. The molecule has 0 amide bonds. The number of halogens is 1. The summed E-state index contributed by atoms with van der Waals surface area (Å²) in [4.78, 5) is 22.4. The zero-order chi connectivity index (χ0) is 14.8. The molecule has 1 aromatic rings. The molecule has 20 heavy (non-hydrogen) atoms. The van der Waals surface area contributed by atoms with E-state index >= 15 is 0 Å². The lowest BCUT2D eigenvalue weighted by molar-refractivity contribution is -0.145. The van der Waals surface area contributed by atoms with Crippen LogP contribution in [0, 0.1) is 5.82 Å². The second-order valence-corrected chi connectivity index (χ2v) is 4.26. The number of hydrogen-bond donors (Lipinski definition) is 0. The van der Waals surface area contributed by atoms with Gasteiger partial charge in [0.15, 0.2) is 0 Å². The molecule has 0 saturated heterocycles. The van der Waals surface area contributed by atoms with Gasteiger partial charge in [0.2, 0.25) is 0 Å². The number of rotatable bonds is 8. The van der Waals surface area contributed by atoms with E-state index in [9.17, 15) is 14.0 Å². The first kappa shape index (κ1) is 16.1. The predicted octanol–water partition coefficient (Wildman–Crippen LogP) is 2.64. The minimum atomic E-state index is -0.337. The van der Waals surface area contributed by atoms with Crippen LogP contribution >= 0.6 is 0 Å². The fourth-order valence-electron chi connectivity index (χ4n) is 1.62. The second kappa shape index (κ2) is 9.07. The van der Waals surface area contributed by atoms with Gasteiger partial charge in [-0.25, -0.2) is 4.39 Å². The molecule has 4 nitrogen and oxygen atoms in total. The van der Waals surface area contributed by atoms with E-state index in [0.29, 0.717) is 19.4 Å². The van der Waals surface area contributed by atoms with Crippen LogP contribution in [0.1, 0.15) is 31.7 Å². The van der Waals surface area contributed by atoms with Crippen molar-refractivity contribution in [2.24, 2.45) is 0 Å². The van der Waals surface area contributed by atoms with Crippen LogP contribution in [0.15, 0.2) is 24.3 Å². The van der Waals surface area contributed by atoms with E-state index in [1.54, 1.807) is 19.1 Å². The summed E-state index contributed by atoms with van der Waals surface area (Å²) in [6.07, 6.45) is 1.39. The van der Waals surface area contributed by atoms with E-state index in [1.807, 2.05) is 0 Å². The molecule has 0 spiro atoms. The van der Waals surface area contributed by atoms with E-state index in [2.05, 4.69) is 0 Å². The topological polar surface area (TPSA) is 52.6 Å². The molecule has 0 aliphatic rings. The summed E-state index contributed by atoms with van der Waals surface area (Å²) in [5.74, 6) is -0.923. The van der Waals surface area contributed by atoms with Gasteiger partial charge in [-0.2, -0.15) is 0 Å². The molecule has 0 aromatic heterocycles. The molecule has 0 fully saturated rings. The molecule has 0 atom stereocenters. The summed E-state index contributed by atoms with van der Waals surface area (Å²) >= 11 is 0. The summed E-state index contributed by atoms with van der Waals surface area (Å²) in [7, 11) is 0. The van der Waals surface area contributed by atoms with Gasteiger partial charge in [-0.1, -0.05) is 12.1 Å². The van der Waals surface area contributed by atoms with Crippen molar-refractivity contribution < 1.29 is 23.5 Å². The number of benzene rings is 1. The van der Waals surface area contributed by atoms with Crippen molar-refractivity contribution in [1.29, 1.82) is 0 Å². The van der Waals surface area contributed by atoms with Crippen LogP contribution in [0.25, 0.3) is 0 Å². The smallest absolute Gasteiger partial charge is 0.305 e. The molecule has 0 radical (unpaired) electrons. The van der Waals surface area contributed by atoms with E-state index in [-0.39, 0.29) is 37.2 Å². The van der Waals surface area contributed by atoms with Crippen LogP contribution in [0.2, 0.25) is 0 Å². The zero-order valence-electron chi connectivity index (χ0n) is 11.6. The largest absolute Gasteiger partial charge is 0.466 e. The number of esters is 2. The van der Waals surface area contributed by atoms with Gasteiger partial charge in [-0.3, -0.25) is 9.59 Å². The third-order valence-corrected chi connectivity index (χ3v) is 2.63. The van der Waals surface area contributed by atoms with Crippen molar-refractivity contribution in [2.45, 2.75) is 32.6 Å². The van der Waals surface area contributed by atoms with Crippen molar-refractivity contribution in [3.05, 3.63) is 35.6 Å². The number of hydrogen-bond acceptors (Lipinski definition) is 4. The fourth-order valence-corrected chi connectivity index (χ4v) is 1.62. The molecule has 0 N–H and O–H groups in total. The Morgan fingerprint density at radius 3 is 2.25 bits per heavy atom. The van der Waals surface area contributed by atoms with E-state index in [1.165, 1.54) is 12.1 Å². The maximum atomic E-state index is 12.7. The number of ether oxygens (including phenoxy) is 2. The quantitative estimate of drug-likeness (QED) is 0.688. The second-order valence-electron chi connectivity index (χ2n) is 4.26. The normalized spacial score (nSPS) is 10.1. The molecule has 5 heteroatoms. The molecule has 110 valence electrons. The highest BCUT2D eigenvalue weighted by Gasteiger charge is 2.06. The highest BCUT2D eigenvalue weighted by Crippen LogP contribution is 2.05. The molecule has 0 aliphatic heterocycles. The molecule has 0 unspecified atom stereocenters. The summed E-state index contributed by atoms with van der Waals surface area (Å²) in [5.41, 5.74) is 0.908. The van der Waals surface area contributed by atoms with Gasteiger partial charge in [-0.05, 0) is 31.0 Å². The maximum absolute atomic E-state index is 12.7. The fraction of sp³-hybridized carbons (Fsp3) is 0.467. The summed E-state index contributed by atoms with van der Waals surface area (Å²) < 4.78 is 22.5. The third kappa shape index (κ3) is 6.87. The van der Waals surface area contributed by atoms with Gasteiger partial charge < -0.3 is 9.47 Å². The van der Waals surface area contributed by atoms with Crippen LogP contribution in [0.3, 0.4) is 0 Å². The first-order chi connectivity index (χ1) is 9.61. The van der Waals surface area contributed by atoms with Crippen LogP contribution in [-0.2, 0) is 25.5 Å². The Bertz CT molecular complexity index is 428. The van der Waals surface area contributed by atoms with Gasteiger partial charge in [0.05, 0.1) is 13.2 Å². The molecule has 1 aromatic carbocycles. The highest BCUT2D eigenvalue weighted by atomic mass is 19.1. The van der Waals surface area contributed by atoms with Gasteiger partial charge in [0.25, 0.3) is 0 Å². The molecule has 0 aliphatic carbocycles. The Morgan fingerprint density at radius 2 is 1.65 bits per heavy atom. The number of carbonyl (C=O) groups is 2. The van der Waals surface area contributed by atoms with Crippen molar-refractivity contribution >= 4 is 11.9 Å². The lowest BCUT2D eigenvalue weighted by Gasteiger charge is -2.05. The standard InChI is InChI=1S/C15H19FO4/c1-2-19-14(17)4-3-5-15(18)20-11-10-12-6-8-13(16)9-7-12/h6-9H,2-5,10-11H2,1H3. The maximum Gasteiger partial charge on any atom is 0.305 e. The predicted molar refractivity (Wildman–Crippen MR) is 71.5 cm³/mol. The van der Waals surface area contributed by atoms with E-state index < -0.39 is 0 Å². The van der Waals surface area contributed by atoms with Crippen LogP contribution in [-0.4, -0.2) is 25.2 Å². The van der Waals surface area contributed by atoms with Crippen molar-refractivity contribution in [3.63, 3.8) is 0 Å². The monoisotopic (exact) mass is 282 g/mol. The van der Waals surface area contributed by atoms with Gasteiger partial charge in [-0.15, -0.1) is 0 Å². The Hall–Kier alpha value is -1.91. The zero-order valence-corrected chi connectivity index (χ0v) is 11.6. The minimum absolute atomic E-state index is 0.197. The van der Waals surface area contributed by atoms with Crippen LogP contribution < -0.4 is 0 Å².